The fraction of sp³-hybridized carbons (Fsp3) is 0.158. The Morgan fingerprint density at radius 1 is 0.885 bits per heavy atom. The molecular weight excluding hydrogens is 352 g/mol. The highest BCUT2D eigenvalue weighted by Crippen LogP contribution is 2.30. The fourth-order valence-electron chi connectivity index (χ4n) is 2.41. The largest absolute Gasteiger partial charge is 0.497 e. The first-order chi connectivity index (χ1) is 12.6. The van der Waals surface area contributed by atoms with Crippen molar-refractivity contribution in [2.24, 2.45) is 0 Å². The van der Waals surface area contributed by atoms with Gasteiger partial charge in [-0.05, 0) is 49.4 Å². The van der Waals surface area contributed by atoms with Gasteiger partial charge in [-0.1, -0.05) is 11.6 Å². The van der Waals surface area contributed by atoms with Crippen LogP contribution >= 0.6 is 11.6 Å². The normalized spacial score (nSPS) is 10.3. The summed E-state index contributed by atoms with van der Waals surface area (Å²) in [5.41, 5.74) is 2.41. The number of anilines is 4. The van der Waals surface area contributed by atoms with Crippen molar-refractivity contribution in [1.29, 1.82) is 0 Å². The van der Waals surface area contributed by atoms with Crippen LogP contribution < -0.4 is 20.1 Å². The zero-order valence-corrected chi connectivity index (χ0v) is 15.5. The first kappa shape index (κ1) is 17.8. The van der Waals surface area contributed by atoms with Crippen molar-refractivity contribution in [3.63, 3.8) is 0 Å². The number of hydrogen-bond acceptors (Lipinski definition) is 6. The lowest BCUT2D eigenvalue weighted by molar-refractivity contribution is 0.415. The van der Waals surface area contributed by atoms with Crippen LogP contribution in [0.15, 0.2) is 48.5 Å². The van der Waals surface area contributed by atoms with Crippen molar-refractivity contribution < 1.29 is 9.47 Å². The summed E-state index contributed by atoms with van der Waals surface area (Å²) in [4.78, 5) is 8.93. The standard InChI is InChI=1S/C19H19ClN4O2/c1-12-10-18(22-14-5-7-15(25-2)8-6-14)24-19(21-12)23-16-11-13(20)4-9-17(16)26-3/h4-11H,1-3H3,(H2,21,22,23,24). The molecule has 0 fully saturated rings. The number of nitrogens with zero attached hydrogens (tertiary/aromatic N) is 2. The lowest BCUT2D eigenvalue weighted by atomic mass is 10.3. The molecule has 0 unspecified atom stereocenters. The molecular formula is C19H19ClN4O2. The number of ether oxygens (including phenoxy) is 2. The molecule has 0 aliphatic rings. The highest BCUT2D eigenvalue weighted by molar-refractivity contribution is 6.31. The van der Waals surface area contributed by atoms with Gasteiger partial charge in [-0.15, -0.1) is 0 Å². The van der Waals surface area contributed by atoms with E-state index in [-0.39, 0.29) is 0 Å². The molecule has 0 spiro atoms. The van der Waals surface area contributed by atoms with E-state index >= 15 is 0 Å². The Balaban J connectivity index is 1.84. The summed E-state index contributed by atoms with van der Waals surface area (Å²) in [5.74, 6) is 2.57. The molecule has 0 atom stereocenters. The third-order valence-corrected chi connectivity index (χ3v) is 3.86. The summed E-state index contributed by atoms with van der Waals surface area (Å²) in [5, 5.41) is 7.01. The predicted octanol–water partition coefficient (Wildman–Crippen LogP) is 4.94. The molecule has 0 aliphatic heterocycles. The molecule has 7 heteroatoms. The third kappa shape index (κ3) is 4.34. The molecule has 0 bridgehead atoms. The van der Waals surface area contributed by atoms with Crippen LogP contribution in [0.4, 0.5) is 23.1 Å². The molecule has 3 aromatic rings. The van der Waals surface area contributed by atoms with E-state index in [0.717, 1.165) is 17.1 Å². The Morgan fingerprint density at radius 2 is 1.65 bits per heavy atom. The van der Waals surface area contributed by atoms with Crippen LogP contribution in [0.3, 0.4) is 0 Å². The molecule has 0 aliphatic carbocycles. The molecule has 3 rings (SSSR count). The monoisotopic (exact) mass is 370 g/mol. The van der Waals surface area contributed by atoms with Gasteiger partial charge in [-0.2, -0.15) is 4.98 Å². The van der Waals surface area contributed by atoms with E-state index in [4.69, 9.17) is 21.1 Å². The number of hydrogen-bond donors (Lipinski definition) is 2. The average molecular weight is 371 g/mol. The molecule has 2 aromatic carbocycles. The number of aryl methyl sites for hydroxylation is 1. The maximum Gasteiger partial charge on any atom is 0.229 e. The summed E-state index contributed by atoms with van der Waals surface area (Å²) < 4.78 is 10.5. The lowest BCUT2D eigenvalue weighted by Gasteiger charge is -2.13. The van der Waals surface area contributed by atoms with E-state index < -0.39 is 0 Å². The van der Waals surface area contributed by atoms with E-state index in [1.54, 1.807) is 32.4 Å². The van der Waals surface area contributed by atoms with Gasteiger partial charge in [0.15, 0.2) is 0 Å². The van der Waals surface area contributed by atoms with Crippen molar-refractivity contribution in [2.75, 3.05) is 24.9 Å². The predicted molar refractivity (Wildman–Crippen MR) is 104 cm³/mol. The van der Waals surface area contributed by atoms with E-state index in [1.165, 1.54) is 0 Å². The number of nitrogens with one attached hydrogen (secondary N) is 2. The van der Waals surface area contributed by atoms with Crippen LogP contribution in [0.25, 0.3) is 0 Å². The maximum atomic E-state index is 6.08. The molecule has 2 N–H and O–H groups in total. The molecule has 1 aromatic heterocycles. The van der Waals surface area contributed by atoms with Crippen LogP contribution in [-0.2, 0) is 0 Å². The zero-order chi connectivity index (χ0) is 18.5. The fourth-order valence-corrected chi connectivity index (χ4v) is 2.58. The van der Waals surface area contributed by atoms with Crippen LogP contribution in [0.5, 0.6) is 11.5 Å². The Kier molecular flexibility index (Phi) is 5.43. The second-order valence-corrected chi connectivity index (χ2v) is 5.98. The summed E-state index contributed by atoms with van der Waals surface area (Å²) in [6, 6.07) is 14.8. The first-order valence-electron chi connectivity index (χ1n) is 7.94. The van der Waals surface area contributed by atoms with Gasteiger partial charge < -0.3 is 20.1 Å². The van der Waals surface area contributed by atoms with Crippen LogP contribution in [0.1, 0.15) is 5.69 Å². The summed E-state index contributed by atoms with van der Waals surface area (Å²) in [6.45, 7) is 1.90. The number of rotatable bonds is 6. The lowest BCUT2D eigenvalue weighted by Crippen LogP contribution is -2.03. The van der Waals surface area contributed by atoms with E-state index in [1.807, 2.05) is 37.3 Å². The number of aromatic nitrogens is 2. The number of methoxy groups -OCH3 is 2. The van der Waals surface area contributed by atoms with Gasteiger partial charge in [0.05, 0.1) is 19.9 Å². The maximum absolute atomic E-state index is 6.08. The quantitative estimate of drug-likeness (QED) is 0.640. The minimum Gasteiger partial charge on any atom is -0.497 e. The van der Waals surface area contributed by atoms with Gasteiger partial charge in [0, 0.05) is 22.5 Å². The van der Waals surface area contributed by atoms with Crippen molar-refractivity contribution >= 4 is 34.7 Å². The van der Waals surface area contributed by atoms with Crippen molar-refractivity contribution in [2.45, 2.75) is 6.92 Å². The Hall–Kier alpha value is -2.99. The highest BCUT2D eigenvalue weighted by Gasteiger charge is 2.08. The minimum atomic E-state index is 0.446. The van der Waals surface area contributed by atoms with Gasteiger partial charge in [-0.3, -0.25) is 0 Å². The van der Waals surface area contributed by atoms with Crippen molar-refractivity contribution in [1.82, 2.24) is 9.97 Å². The molecule has 26 heavy (non-hydrogen) atoms. The average Bonchev–Trinajstić information content (AvgIpc) is 2.62. The molecule has 6 nitrogen and oxygen atoms in total. The molecule has 134 valence electrons. The molecule has 1 heterocycles. The minimum absolute atomic E-state index is 0.446. The third-order valence-electron chi connectivity index (χ3n) is 3.62. The summed E-state index contributed by atoms with van der Waals surface area (Å²) >= 11 is 6.08. The highest BCUT2D eigenvalue weighted by atomic mass is 35.5. The van der Waals surface area contributed by atoms with E-state index in [2.05, 4.69) is 20.6 Å². The van der Waals surface area contributed by atoms with Gasteiger partial charge in [0.2, 0.25) is 5.95 Å². The van der Waals surface area contributed by atoms with Crippen LogP contribution in [0, 0.1) is 6.92 Å². The molecule has 0 radical (unpaired) electrons. The molecule has 0 saturated heterocycles. The second kappa shape index (κ2) is 7.93. The van der Waals surface area contributed by atoms with Gasteiger partial charge in [-0.25, -0.2) is 4.98 Å². The molecule has 0 saturated carbocycles. The van der Waals surface area contributed by atoms with Crippen LogP contribution in [-0.4, -0.2) is 24.2 Å². The zero-order valence-electron chi connectivity index (χ0n) is 14.7. The van der Waals surface area contributed by atoms with Gasteiger partial charge in [0.1, 0.15) is 17.3 Å². The number of halogens is 1. The first-order valence-corrected chi connectivity index (χ1v) is 8.32. The van der Waals surface area contributed by atoms with E-state index in [0.29, 0.717) is 28.2 Å². The Labute approximate surface area is 157 Å². The van der Waals surface area contributed by atoms with Crippen LogP contribution in [0.2, 0.25) is 5.02 Å². The Morgan fingerprint density at radius 3 is 2.35 bits per heavy atom. The van der Waals surface area contributed by atoms with E-state index in [9.17, 15) is 0 Å². The second-order valence-electron chi connectivity index (χ2n) is 5.54. The van der Waals surface area contributed by atoms with Gasteiger partial charge >= 0.3 is 0 Å². The van der Waals surface area contributed by atoms with Crippen molar-refractivity contribution in [3.05, 3.63) is 59.2 Å². The summed E-state index contributed by atoms with van der Waals surface area (Å²) in [6.07, 6.45) is 0. The SMILES string of the molecule is COc1ccc(Nc2cc(C)nc(Nc3cc(Cl)ccc3OC)n2)cc1. The topological polar surface area (TPSA) is 68.3 Å². The van der Waals surface area contributed by atoms with Gasteiger partial charge in [0.25, 0.3) is 0 Å². The summed E-state index contributed by atoms with van der Waals surface area (Å²) in [7, 11) is 3.24. The smallest absolute Gasteiger partial charge is 0.229 e. The molecule has 0 amide bonds. The number of benzene rings is 2. The van der Waals surface area contributed by atoms with Crippen molar-refractivity contribution in [3.8, 4) is 11.5 Å². The Bertz CT molecular complexity index is 901.